The molecule has 0 bridgehead atoms. The third-order valence-electron chi connectivity index (χ3n) is 0.734. The van der Waals surface area contributed by atoms with Crippen molar-refractivity contribution < 1.29 is 5.11 Å². The molecule has 9 heavy (non-hydrogen) atoms. The lowest BCUT2D eigenvalue weighted by Crippen LogP contribution is -1.93. The first kappa shape index (κ1) is 8.47. The van der Waals surface area contributed by atoms with Crippen molar-refractivity contribution in [1.29, 1.82) is 0 Å². The van der Waals surface area contributed by atoms with Gasteiger partial charge in [0.25, 0.3) is 0 Å². The zero-order valence-electron chi connectivity index (χ0n) is 5.00. The summed E-state index contributed by atoms with van der Waals surface area (Å²) in [4.78, 5) is 0. The van der Waals surface area contributed by atoms with Gasteiger partial charge in [0.05, 0.1) is 6.10 Å². The topological polar surface area (TPSA) is 20.2 Å². The molecule has 0 aliphatic heterocycles. The Hall–Kier alpha value is -0.530. The summed E-state index contributed by atoms with van der Waals surface area (Å²) in [7, 11) is 0. The Morgan fingerprint density at radius 3 is 2.56 bits per heavy atom. The second-order valence-corrected chi connectivity index (χ2v) is 1.68. The predicted molar refractivity (Wildman–Crippen MR) is 40.3 cm³/mol. The van der Waals surface area contributed by atoms with Crippen molar-refractivity contribution in [3.05, 3.63) is 36.4 Å². The van der Waals surface area contributed by atoms with E-state index < -0.39 is 6.10 Å². The van der Waals surface area contributed by atoms with Gasteiger partial charge in [-0.05, 0) is 0 Å². The van der Waals surface area contributed by atoms with Gasteiger partial charge in [0.1, 0.15) is 0 Å². The summed E-state index contributed by atoms with van der Waals surface area (Å²) in [6.45, 7) is 3.38. The van der Waals surface area contributed by atoms with Crippen molar-refractivity contribution in [3.63, 3.8) is 0 Å². The first-order valence-corrected chi connectivity index (χ1v) is 2.99. The van der Waals surface area contributed by atoms with Crippen LogP contribution in [0.25, 0.3) is 0 Å². The van der Waals surface area contributed by atoms with Gasteiger partial charge in [0.2, 0.25) is 0 Å². The molecule has 50 valence electrons. The maximum absolute atomic E-state index is 8.80. The van der Waals surface area contributed by atoms with Crippen LogP contribution in [-0.2, 0) is 0 Å². The second kappa shape index (κ2) is 5.60. The molecule has 0 saturated carbocycles. The molecule has 1 atom stereocenters. The SMILES string of the molecule is C=CC(O)/C=C/C=C\Cl. The van der Waals surface area contributed by atoms with Crippen molar-refractivity contribution >= 4 is 11.6 Å². The molecule has 0 saturated heterocycles. The van der Waals surface area contributed by atoms with Crippen molar-refractivity contribution in [2.45, 2.75) is 6.10 Å². The molecular formula is C7H9ClO. The Balaban J connectivity index is 3.55. The van der Waals surface area contributed by atoms with Crippen molar-refractivity contribution in [2.24, 2.45) is 0 Å². The average molecular weight is 145 g/mol. The number of halogens is 1. The van der Waals surface area contributed by atoms with Gasteiger partial charge in [-0.25, -0.2) is 0 Å². The van der Waals surface area contributed by atoms with Gasteiger partial charge >= 0.3 is 0 Å². The molecule has 1 unspecified atom stereocenters. The summed E-state index contributed by atoms with van der Waals surface area (Å²) in [5.41, 5.74) is 1.37. The van der Waals surface area contributed by atoms with Gasteiger partial charge < -0.3 is 5.11 Å². The maximum atomic E-state index is 8.80. The van der Waals surface area contributed by atoms with E-state index in [4.69, 9.17) is 16.7 Å². The first-order valence-electron chi connectivity index (χ1n) is 2.55. The van der Waals surface area contributed by atoms with Crippen molar-refractivity contribution in [1.82, 2.24) is 0 Å². The minimum absolute atomic E-state index is 0.571. The molecule has 0 spiro atoms. The van der Waals surface area contributed by atoms with Crippen LogP contribution < -0.4 is 0 Å². The van der Waals surface area contributed by atoms with Gasteiger partial charge in [-0.15, -0.1) is 6.58 Å². The molecule has 0 aromatic carbocycles. The molecule has 0 aliphatic carbocycles. The van der Waals surface area contributed by atoms with Gasteiger partial charge in [-0.2, -0.15) is 0 Å². The maximum Gasteiger partial charge on any atom is 0.0903 e. The van der Waals surface area contributed by atoms with E-state index in [0.717, 1.165) is 0 Å². The molecule has 2 heteroatoms. The molecule has 0 rings (SSSR count). The Morgan fingerprint density at radius 1 is 1.44 bits per heavy atom. The van der Waals surface area contributed by atoms with Gasteiger partial charge in [0, 0.05) is 5.54 Å². The molecule has 0 aromatic rings. The third-order valence-corrected chi connectivity index (χ3v) is 0.879. The fourth-order valence-corrected chi connectivity index (χ4v) is 0.383. The summed E-state index contributed by atoms with van der Waals surface area (Å²) in [5, 5.41) is 8.80. The molecule has 0 heterocycles. The quantitative estimate of drug-likeness (QED) is 0.474. The summed E-state index contributed by atoms with van der Waals surface area (Å²) < 4.78 is 0. The highest BCUT2D eigenvalue weighted by Gasteiger charge is 1.83. The van der Waals surface area contributed by atoms with Crippen molar-refractivity contribution in [3.8, 4) is 0 Å². The second-order valence-electron chi connectivity index (χ2n) is 1.43. The van der Waals surface area contributed by atoms with Crippen LogP contribution in [0.4, 0.5) is 0 Å². The average Bonchev–Trinajstić information content (AvgIpc) is 1.89. The number of hydrogen-bond acceptors (Lipinski definition) is 1. The predicted octanol–water partition coefficient (Wildman–Crippen LogP) is 1.84. The highest BCUT2D eigenvalue weighted by molar-refractivity contribution is 6.25. The molecule has 1 N–H and O–H groups in total. The monoisotopic (exact) mass is 144 g/mol. The van der Waals surface area contributed by atoms with Gasteiger partial charge in [-0.1, -0.05) is 35.9 Å². The smallest absolute Gasteiger partial charge is 0.0903 e. The standard InChI is InChI=1S/C7H9ClO/c1-2-7(9)5-3-4-6-8/h2-7,9H,1H2/b5-3+,6-4-. The van der Waals surface area contributed by atoms with E-state index in [1.165, 1.54) is 11.6 Å². The molecule has 0 radical (unpaired) electrons. The van der Waals surface area contributed by atoms with Crippen molar-refractivity contribution in [2.75, 3.05) is 0 Å². The van der Waals surface area contributed by atoms with Crippen LogP contribution >= 0.6 is 11.6 Å². The molecule has 0 amide bonds. The van der Waals surface area contributed by atoms with E-state index in [-0.39, 0.29) is 0 Å². The van der Waals surface area contributed by atoms with Crippen LogP contribution in [0, 0.1) is 0 Å². The van der Waals surface area contributed by atoms with E-state index >= 15 is 0 Å². The lowest BCUT2D eigenvalue weighted by Gasteiger charge is -1.90. The molecule has 0 fully saturated rings. The van der Waals surface area contributed by atoms with E-state index in [1.807, 2.05) is 0 Å². The number of aliphatic hydroxyl groups is 1. The van der Waals surface area contributed by atoms with E-state index in [1.54, 1.807) is 18.2 Å². The van der Waals surface area contributed by atoms with Crippen LogP contribution in [0.3, 0.4) is 0 Å². The summed E-state index contributed by atoms with van der Waals surface area (Å²) in [6.07, 6.45) is 5.70. The number of allylic oxidation sites excluding steroid dienone is 2. The number of rotatable bonds is 3. The zero-order chi connectivity index (χ0) is 7.11. The minimum atomic E-state index is -0.571. The summed E-state index contributed by atoms with van der Waals surface area (Å²) >= 11 is 5.19. The third kappa shape index (κ3) is 5.34. The Bertz CT molecular complexity index is 127. The zero-order valence-corrected chi connectivity index (χ0v) is 5.75. The molecular weight excluding hydrogens is 136 g/mol. The van der Waals surface area contributed by atoms with Crippen LogP contribution in [0.5, 0.6) is 0 Å². The highest BCUT2D eigenvalue weighted by atomic mass is 35.5. The Morgan fingerprint density at radius 2 is 2.11 bits per heavy atom. The lowest BCUT2D eigenvalue weighted by atomic mass is 10.3. The highest BCUT2D eigenvalue weighted by Crippen LogP contribution is 1.87. The fourth-order valence-electron chi connectivity index (χ4n) is 0.299. The minimum Gasteiger partial charge on any atom is -0.385 e. The normalized spacial score (nSPS) is 14.9. The fraction of sp³-hybridized carbons (Fsp3) is 0.143. The number of aliphatic hydroxyl groups excluding tert-OH is 1. The number of hydrogen-bond donors (Lipinski definition) is 1. The lowest BCUT2D eigenvalue weighted by molar-refractivity contribution is 0.272. The first-order chi connectivity index (χ1) is 4.31. The largest absolute Gasteiger partial charge is 0.385 e. The van der Waals surface area contributed by atoms with E-state index in [2.05, 4.69) is 6.58 Å². The van der Waals surface area contributed by atoms with Crippen LogP contribution in [-0.4, -0.2) is 11.2 Å². The van der Waals surface area contributed by atoms with Gasteiger partial charge in [0.15, 0.2) is 0 Å². The van der Waals surface area contributed by atoms with E-state index in [0.29, 0.717) is 0 Å². The summed E-state index contributed by atoms with van der Waals surface area (Å²) in [5.74, 6) is 0. The van der Waals surface area contributed by atoms with E-state index in [9.17, 15) is 0 Å². The van der Waals surface area contributed by atoms with Crippen LogP contribution in [0.1, 0.15) is 0 Å². The molecule has 0 aromatic heterocycles. The Labute approximate surface area is 60.0 Å². The Kier molecular flexibility index (Phi) is 5.27. The molecule has 0 aliphatic rings. The molecule has 1 nitrogen and oxygen atoms in total. The summed E-state index contributed by atoms with van der Waals surface area (Å²) in [6, 6.07) is 0. The van der Waals surface area contributed by atoms with Crippen LogP contribution in [0.15, 0.2) is 36.4 Å². The van der Waals surface area contributed by atoms with Gasteiger partial charge in [-0.3, -0.25) is 0 Å². The van der Waals surface area contributed by atoms with Crippen LogP contribution in [0.2, 0.25) is 0 Å².